The Labute approximate surface area is 103 Å². The quantitative estimate of drug-likeness (QED) is 0.692. The van der Waals surface area contributed by atoms with Crippen LogP contribution in [0.1, 0.15) is 57.6 Å². The molecule has 1 aromatic rings. The Balaban J connectivity index is 2.35. The monoisotopic (exact) mass is 235 g/mol. The topological polar surface area (TPSA) is 38.1 Å². The lowest BCUT2D eigenvalue weighted by Gasteiger charge is -2.31. The molecule has 1 aliphatic heterocycles. The van der Waals surface area contributed by atoms with Crippen molar-refractivity contribution in [2.45, 2.75) is 59.2 Å². The molecule has 0 unspecified atom stereocenters. The lowest BCUT2D eigenvalue weighted by molar-refractivity contribution is 0.0600. The van der Waals surface area contributed by atoms with Crippen molar-refractivity contribution in [3.05, 3.63) is 17.5 Å². The van der Waals surface area contributed by atoms with Gasteiger partial charge in [0.15, 0.2) is 5.69 Å². The van der Waals surface area contributed by atoms with Crippen LogP contribution >= 0.6 is 0 Å². The molecule has 0 saturated carbocycles. The largest absolute Gasteiger partial charge is 0.328 e. The van der Waals surface area contributed by atoms with Gasteiger partial charge in [0.25, 0.3) is 5.91 Å². The molecule has 0 radical (unpaired) electrons. The van der Waals surface area contributed by atoms with Gasteiger partial charge >= 0.3 is 0 Å². The average Bonchev–Trinajstić information content (AvgIpc) is 2.63. The third-order valence-electron chi connectivity index (χ3n) is 3.06. The third-order valence-corrected chi connectivity index (χ3v) is 3.06. The van der Waals surface area contributed by atoms with Gasteiger partial charge in [0, 0.05) is 17.3 Å². The molecule has 0 aromatic carbocycles. The smallest absolute Gasteiger partial charge is 0.275 e. The van der Waals surface area contributed by atoms with Gasteiger partial charge in [-0.2, -0.15) is 5.10 Å². The number of nitrogens with zero attached hydrogens (tertiary/aromatic N) is 3. The van der Waals surface area contributed by atoms with E-state index in [-0.39, 0.29) is 17.0 Å². The van der Waals surface area contributed by atoms with E-state index in [0.717, 1.165) is 5.56 Å². The summed E-state index contributed by atoms with van der Waals surface area (Å²) in [6, 6.07) is 0. The van der Waals surface area contributed by atoms with Crippen LogP contribution in [-0.2, 0) is 12.1 Å². The van der Waals surface area contributed by atoms with Crippen LogP contribution in [0.2, 0.25) is 0 Å². The van der Waals surface area contributed by atoms with Gasteiger partial charge in [0.1, 0.15) is 0 Å². The molecule has 0 bridgehead atoms. The van der Waals surface area contributed by atoms with Gasteiger partial charge in [-0.25, -0.2) is 0 Å². The van der Waals surface area contributed by atoms with Gasteiger partial charge in [-0.3, -0.25) is 9.48 Å². The number of carbonyl (C=O) groups is 1. The fourth-order valence-electron chi connectivity index (χ4n) is 1.96. The highest BCUT2D eigenvalue weighted by atomic mass is 16.2. The zero-order valence-corrected chi connectivity index (χ0v) is 11.5. The first-order valence-electron chi connectivity index (χ1n) is 6.02. The number of hydrogen-bond acceptors (Lipinski definition) is 2. The van der Waals surface area contributed by atoms with E-state index in [2.05, 4.69) is 46.6 Å². The highest BCUT2D eigenvalue weighted by Gasteiger charge is 2.37. The summed E-state index contributed by atoms with van der Waals surface area (Å²) >= 11 is 0. The molecule has 2 heterocycles. The van der Waals surface area contributed by atoms with E-state index in [1.807, 2.05) is 15.8 Å². The molecular formula is C13H21N3O. The molecule has 4 heteroatoms. The molecule has 2 rings (SSSR count). The highest BCUT2D eigenvalue weighted by molar-refractivity contribution is 5.96. The molecule has 17 heavy (non-hydrogen) atoms. The zero-order valence-electron chi connectivity index (χ0n) is 11.5. The Morgan fingerprint density at radius 3 is 2.12 bits per heavy atom. The summed E-state index contributed by atoms with van der Waals surface area (Å²) in [6.07, 6.45) is 2.00. The van der Waals surface area contributed by atoms with Crippen molar-refractivity contribution in [3.8, 4) is 0 Å². The van der Waals surface area contributed by atoms with Crippen molar-refractivity contribution in [2.75, 3.05) is 0 Å². The molecule has 0 N–H and O–H groups in total. The minimum absolute atomic E-state index is 0.0514. The predicted molar refractivity (Wildman–Crippen MR) is 66.8 cm³/mol. The fraction of sp³-hybridized carbons (Fsp3) is 0.692. The summed E-state index contributed by atoms with van der Waals surface area (Å²) in [5.74, 6) is 0.0514. The molecule has 0 saturated heterocycles. The Hall–Kier alpha value is -1.32. The van der Waals surface area contributed by atoms with Crippen molar-refractivity contribution in [1.29, 1.82) is 0 Å². The maximum atomic E-state index is 12.2. The van der Waals surface area contributed by atoms with E-state index < -0.39 is 0 Å². The maximum Gasteiger partial charge on any atom is 0.275 e. The summed E-state index contributed by atoms with van der Waals surface area (Å²) in [5, 5.41) is 4.43. The fourth-order valence-corrected chi connectivity index (χ4v) is 1.96. The van der Waals surface area contributed by atoms with Crippen LogP contribution in [-0.4, -0.2) is 26.1 Å². The van der Waals surface area contributed by atoms with E-state index in [9.17, 15) is 4.79 Å². The van der Waals surface area contributed by atoms with Crippen LogP contribution in [0.5, 0.6) is 0 Å². The summed E-state index contributed by atoms with van der Waals surface area (Å²) in [6.45, 7) is 13.1. The normalized spacial score (nSPS) is 16.6. The van der Waals surface area contributed by atoms with Crippen LogP contribution in [0, 0.1) is 0 Å². The second-order valence-electron chi connectivity index (χ2n) is 6.68. The Kier molecular flexibility index (Phi) is 2.39. The summed E-state index contributed by atoms with van der Waals surface area (Å²) in [7, 11) is 0. The van der Waals surface area contributed by atoms with Crippen molar-refractivity contribution in [3.63, 3.8) is 0 Å². The minimum Gasteiger partial charge on any atom is -0.328 e. The summed E-state index contributed by atoms with van der Waals surface area (Å²) in [5.41, 5.74) is 1.45. The number of hydrogen-bond donors (Lipinski definition) is 0. The van der Waals surface area contributed by atoms with Crippen molar-refractivity contribution < 1.29 is 4.79 Å². The first-order chi connectivity index (χ1) is 7.60. The lowest BCUT2D eigenvalue weighted by Crippen LogP contribution is -2.41. The molecule has 1 amide bonds. The molecule has 1 aromatic heterocycles. The highest BCUT2D eigenvalue weighted by Crippen LogP contribution is 2.29. The third kappa shape index (κ3) is 1.96. The number of carbonyl (C=O) groups excluding carboxylic acids is 1. The van der Waals surface area contributed by atoms with Crippen LogP contribution in [0.3, 0.4) is 0 Å². The molecule has 0 spiro atoms. The molecule has 94 valence electrons. The van der Waals surface area contributed by atoms with Crippen molar-refractivity contribution >= 4 is 5.91 Å². The van der Waals surface area contributed by atoms with Gasteiger partial charge in [0.05, 0.1) is 12.1 Å². The molecule has 4 nitrogen and oxygen atoms in total. The Bertz CT molecular complexity index is 460. The molecular weight excluding hydrogens is 214 g/mol. The van der Waals surface area contributed by atoms with Gasteiger partial charge in [-0.15, -0.1) is 0 Å². The van der Waals surface area contributed by atoms with Gasteiger partial charge in [0.2, 0.25) is 0 Å². The van der Waals surface area contributed by atoms with Crippen LogP contribution < -0.4 is 0 Å². The average molecular weight is 235 g/mol. The van der Waals surface area contributed by atoms with E-state index in [4.69, 9.17) is 0 Å². The second-order valence-corrected chi connectivity index (χ2v) is 6.68. The van der Waals surface area contributed by atoms with Gasteiger partial charge in [-0.1, -0.05) is 0 Å². The molecule has 0 atom stereocenters. The summed E-state index contributed by atoms with van der Waals surface area (Å²) < 4.78 is 1.88. The standard InChI is InChI=1S/C13H21N3O/c1-12(2,3)15-7-9-8-16(13(4,5)6)14-10(9)11(15)17/h8H,7H2,1-6H3. The first-order valence-corrected chi connectivity index (χ1v) is 6.02. The SMILES string of the molecule is CC(C)(C)N1Cc2cn(C(C)(C)C)nc2C1=O. The molecule has 0 fully saturated rings. The van der Waals surface area contributed by atoms with E-state index in [1.54, 1.807) is 0 Å². The second kappa shape index (κ2) is 3.34. The van der Waals surface area contributed by atoms with Gasteiger partial charge in [-0.05, 0) is 41.5 Å². The van der Waals surface area contributed by atoms with E-state index in [1.165, 1.54) is 0 Å². The lowest BCUT2D eigenvalue weighted by atomic mass is 10.1. The zero-order chi connectivity index (χ0) is 13.0. The van der Waals surface area contributed by atoms with Crippen LogP contribution in [0.15, 0.2) is 6.20 Å². The molecule has 0 aliphatic carbocycles. The van der Waals surface area contributed by atoms with Crippen molar-refractivity contribution in [2.24, 2.45) is 0 Å². The predicted octanol–water partition coefficient (Wildman–Crippen LogP) is 2.39. The number of aromatic nitrogens is 2. The number of amides is 1. The van der Waals surface area contributed by atoms with E-state index >= 15 is 0 Å². The molecule has 1 aliphatic rings. The number of rotatable bonds is 0. The number of fused-ring (bicyclic) bond motifs is 1. The first kappa shape index (κ1) is 12.1. The Morgan fingerprint density at radius 1 is 1.12 bits per heavy atom. The summed E-state index contributed by atoms with van der Waals surface area (Å²) in [4.78, 5) is 14.1. The van der Waals surface area contributed by atoms with Crippen molar-refractivity contribution in [1.82, 2.24) is 14.7 Å². The minimum atomic E-state index is -0.142. The maximum absolute atomic E-state index is 12.2. The van der Waals surface area contributed by atoms with Gasteiger partial charge < -0.3 is 4.90 Å². The van der Waals surface area contributed by atoms with Crippen LogP contribution in [0.4, 0.5) is 0 Å². The van der Waals surface area contributed by atoms with E-state index in [0.29, 0.717) is 12.2 Å². The van der Waals surface area contributed by atoms with Crippen LogP contribution in [0.25, 0.3) is 0 Å². The Morgan fingerprint density at radius 2 is 1.71 bits per heavy atom.